The first-order valence-corrected chi connectivity index (χ1v) is 10.4. The van der Waals surface area contributed by atoms with E-state index in [0.29, 0.717) is 11.7 Å². The summed E-state index contributed by atoms with van der Waals surface area (Å²) in [6, 6.07) is 30.1. The van der Waals surface area contributed by atoms with Gasteiger partial charge in [0.1, 0.15) is 5.75 Å². The molecule has 1 nitrogen and oxygen atoms in total. The number of aromatic hydroxyl groups is 1. The van der Waals surface area contributed by atoms with Crippen molar-refractivity contribution in [2.24, 2.45) is 0 Å². The number of hydrogen-bond acceptors (Lipinski definition) is 1. The predicted molar refractivity (Wildman–Crippen MR) is 129 cm³/mol. The molecule has 5 aromatic rings. The van der Waals surface area contributed by atoms with E-state index in [1.807, 2.05) is 12.1 Å². The number of phenols is 1. The zero-order valence-electron chi connectivity index (χ0n) is 16.6. The highest BCUT2D eigenvalue weighted by molar-refractivity contribution is 6.09. The summed E-state index contributed by atoms with van der Waals surface area (Å²) >= 11 is 0. The molecule has 0 radical (unpaired) electrons. The number of halogens is 1. The molecule has 0 heterocycles. The summed E-state index contributed by atoms with van der Waals surface area (Å²) in [7, 11) is 0. The van der Waals surface area contributed by atoms with Crippen molar-refractivity contribution in [2.75, 3.05) is 0 Å². The van der Waals surface area contributed by atoms with Crippen LogP contribution < -0.4 is 0 Å². The number of hydrogen-bond donors (Lipinski definition) is 1. The van der Waals surface area contributed by atoms with Crippen molar-refractivity contribution < 1.29 is 5.11 Å². The molecule has 0 saturated heterocycles. The van der Waals surface area contributed by atoms with E-state index in [-0.39, 0.29) is 12.4 Å². The number of aryl methyl sites for hydroxylation is 1. The van der Waals surface area contributed by atoms with E-state index in [9.17, 15) is 5.11 Å². The van der Waals surface area contributed by atoms with Crippen molar-refractivity contribution in [3.63, 3.8) is 0 Å². The molecule has 0 spiro atoms. The molecular formula is C28H23ClO. The lowest BCUT2D eigenvalue weighted by molar-refractivity contribution is 0.480. The summed E-state index contributed by atoms with van der Waals surface area (Å²) in [5.41, 5.74) is 4.16. The molecule has 0 fully saturated rings. The van der Waals surface area contributed by atoms with Gasteiger partial charge in [0.05, 0.1) is 0 Å². The minimum absolute atomic E-state index is 0. The zero-order chi connectivity index (χ0) is 19.4. The molecule has 0 bridgehead atoms. The first-order valence-electron chi connectivity index (χ1n) is 10.4. The average molecular weight is 411 g/mol. The average Bonchev–Trinajstić information content (AvgIpc) is 2.78. The second kappa shape index (κ2) is 7.34. The minimum Gasteiger partial charge on any atom is -0.507 e. The van der Waals surface area contributed by atoms with Gasteiger partial charge < -0.3 is 5.11 Å². The van der Waals surface area contributed by atoms with Crippen LogP contribution in [0.25, 0.3) is 32.3 Å². The van der Waals surface area contributed by atoms with Gasteiger partial charge in [0.15, 0.2) is 0 Å². The van der Waals surface area contributed by atoms with Crippen LogP contribution in [-0.4, -0.2) is 5.11 Å². The highest BCUT2D eigenvalue weighted by atomic mass is 35.5. The fourth-order valence-electron chi connectivity index (χ4n) is 5.37. The van der Waals surface area contributed by atoms with Crippen LogP contribution in [-0.2, 0) is 6.42 Å². The molecule has 1 N–H and O–H groups in total. The first-order chi connectivity index (χ1) is 14.3. The maximum Gasteiger partial charge on any atom is 0.123 e. The van der Waals surface area contributed by atoms with E-state index < -0.39 is 0 Å². The predicted octanol–water partition coefficient (Wildman–Crippen LogP) is 7.74. The third kappa shape index (κ3) is 2.77. The second-order valence-electron chi connectivity index (χ2n) is 8.18. The minimum atomic E-state index is 0. The Hall–Kier alpha value is -3.03. The summed E-state index contributed by atoms with van der Waals surface area (Å²) in [6.45, 7) is 0. The summed E-state index contributed by atoms with van der Waals surface area (Å²) in [6.07, 6.45) is 3.42. The van der Waals surface area contributed by atoms with E-state index in [1.165, 1.54) is 44.7 Å². The van der Waals surface area contributed by atoms with Crippen LogP contribution in [0, 0.1) is 0 Å². The molecule has 1 atom stereocenters. The van der Waals surface area contributed by atoms with Gasteiger partial charge in [-0.2, -0.15) is 0 Å². The van der Waals surface area contributed by atoms with Crippen molar-refractivity contribution in [2.45, 2.75) is 25.2 Å². The molecule has 1 unspecified atom stereocenters. The van der Waals surface area contributed by atoms with Crippen LogP contribution >= 0.6 is 12.4 Å². The molecule has 1 aliphatic rings. The third-order valence-electron chi connectivity index (χ3n) is 6.66. The Kier molecular flexibility index (Phi) is 4.64. The van der Waals surface area contributed by atoms with Crippen LogP contribution in [0.5, 0.6) is 5.75 Å². The number of phenolic OH excluding ortho intramolecular Hbond substituents is 1. The van der Waals surface area contributed by atoms with Crippen LogP contribution in [0.2, 0.25) is 0 Å². The van der Waals surface area contributed by atoms with E-state index in [4.69, 9.17) is 0 Å². The van der Waals surface area contributed by atoms with Gasteiger partial charge in [-0.25, -0.2) is 0 Å². The van der Waals surface area contributed by atoms with E-state index >= 15 is 0 Å². The highest BCUT2D eigenvalue weighted by Gasteiger charge is 2.25. The van der Waals surface area contributed by atoms with Gasteiger partial charge in [0, 0.05) is 11.3 Å². The second-order valence-corrected chi connectivity index (χ2v) is 8.18. The van der Waals surface area contributed by atoms with Crippen LogP contribution in [0.1, 0.15) is 35.4 Å². The maximum atomic E-state index is 10.6. The lowest BCUT2D eigenvalue weighted by Gasteiger charge is -2.28. The third-order valence-corrected chi connectivity index (χ3v) is 6.66. The van der Waals surface area contributed by atoms with Gasteiger partial charge in [0.2, 0.25) is 0 Å². The lowest BCUT2D eigenvalue weighted by atomic mass is 9.76. The van der Waals surface area contributed by atoms with Gasteiger partial charge in [0.25, 0.3) is 0 Å². The van der Waals surface area contributed by atoms with Crippen LogP contribution in [0.3, 0.4) is 0 Å². The quantitative estimate of drug-likeness (QED) is 0.280. The molecule has 6 rings (SSSR count). The zero-order valence-corrected chi connectivity index (χ0v) is 17.5. The first kappa shape index (κ1) is 19.0. The van der Waals surface area contributed by atoms with E-state index in [0.717, 1.165) is 23.6 Å². The fourth-order valence-corrected chi connectivity index (χ4v) is 5.37. The number of fused-ring (bicyclic) bond motifs is 6. The molecule has 0 amide bonds. The van der Waals surface area contributed by atoms with Crippen molar-refractivity contribution in [1.29, 1.82) is 0 Å². The van der Waals surface area contributed by atoms with Crippen LogP contribution in [0.4, 0.5) is 0 Å². The van der Waals surface area contributed by atoms with Crippen molar-refractivity contribution in [1.82, 2.24) is 0 Å². The Bertz CT molecular complexity index is 1400. The lowest BCUT2D eigenvalue weighted by Crippen LogP contribution is -2.12. The Labute approximate surface area is 182 Å². The van der Waals surface area contributed by atoms with Gasteiger partial charge in [-0.3, -0.25) is 0 Å². The molecular weight excluding hydrogens is 388 g/mol. The Balaban J connectivity index is 0.00000193. The SMILES string of the molecule is Cl.Oc1cccc2cccc(C3CCCc4c3ccc3c4ccc4ccccc43)c12. The fraction of sp³-hybridized carbons (Fsp3) is 0.143. The molecule has 1 aliphatic carbocycles. The van der Waals surface area contributed by atoms with Crippen molar-refractivity contribution >= 4 is 44.7 Å². The smallest absolute Gasteiger partial charge is 0.123 e. The standard InChI is InChI=1S/C28H22O.ClH/c29-27-13-4-8-19-7-3-12-26(28(19)27)22-11-5-10-21-24-15-14-18-6-1-2-9-20(18)23(24)16-17-25(21)22;/h1-4,6-9,12-17,22,29H,5,10-11H2;1H. The number of rotatable bonds is 1. The van der Waals surface area contributed by atoms with E-state index in [2.05, 4.69) is 72.8 Å². The molecule has 0 aliphatic heterocycles. The normalized spacial score (nSPS) is 15.8. The van der Waals surface area contributed by atoms with Gasteiger partial charge in [-0.15, -0.1) is 12.4 Å². The van der Waals surface area contributed by atoms with Gasteiger partial charge >= 0.3 is 0 Å². The van der Waals surface area contributed by atoms with E-state index in [1.54, 1.807) is 0 Å². The molecule has 0 aromatic heterocycles. The highest BCUT2D eigenvalue weighted by Crippen LogP contribution is 2.44. The topological polar surface area (TPSA) is 20.2 Å². The molecule has 30 heavy (non-hydrogen) atoms. The summed E-state index contributed by atoms with van der Waals surface area (Å²) < 4.78 is 0. The van der Waals surface area contributed by atoms with Crippen LogP contribution in [0.15, 0.2) is 84.9 Å². The molecule has 0 saturated carbocycles. The summed E-state index contributed by atoms with van der Waals surface area (Å²) in [5.74, 6) is 0.712. The number of benzene rings is 5. The Morgan fingerprint density at radius 1 is 0.633 bits per heavy atom. The van der Waals surface area contributed by atoms with Gasteiger partial charge in [-0.05, 0) is 69.0 Å². The maximum absolute atomic E-state index is 10.6. The molecule has 148 valence electrons. The van der Waals surface area contributed by atoms with Gasteiger partial charge in [-0.1, -0.05) is 78.9 Å². The van der Waals surface area contributed by atoms with Crippen molar-refractivity contribution in [3.05, 3.63) is 102 Å². The Morgan fingerprint density at radius 3 is 2.30 bits per heavy atom. The summed E-state index contributed by atoms with van der Waals surface area (Å²) in [4.78, 5) is 0. The Morgan fingerprint density at radius 2 is 1.40 bits per heavy atom. The summed E-state index contributed by atoms with van der Waals surface area (Å²) in [5, 5.41) is 18.1. The monoisotopic (exact) mass is 410 g/mol. The molecule has 5 aromatic carbocycles. The van der Waals surface area contributed by atoms with Crippen molar-refractivity contribution in [3.8, 4) is 5.75 Å². The molecule has 2 heteroatoms. The largest absolute Gasteiger partial charge is 0.507 e.